The predicted octanol–water partition coefficient (Wildman–Crippen LogP) is 5.39. The third-order valence-electron chi connectivity index (χ3n) is 12.6. The van der Waals surface area contributed by atoms with Gasteiger partial charge in [-0.25, -0.2) is 4.68 Å². The van der Waals surface area contributed by atoms with Gasteiger partial charge >= 0.3 is 17.9 Å². The second-order valence-corrected chi connectivity index (χ2v) is 15.0. The number of pyridine rings is 1. The molecule has 2 heterocycles. The van der Waals surface area contributed by atoms with E-state index in [1.165, 1.54) is 21.0 Å². The summed E-state index contributed by atoms with van der Waals surface area (Å²) < 4.78 is 18.6. The van der Waals surface area contributed by atoms with Crippen LogP contribution in [0.3, 0.4) is 0 Å². The molecule has 0 aromatic carbocycles. The number of ketones is 1. The fourth-order valence-corrected chi connectivity index (χ4v) is 10.6. The van der Waals surface area contributed by atoms with Crippen LogP contribution in [-0.4, -0.2) is 63.0 Å². The van der Waals surface area contributed by atoms with E-state index in [0.717, 1.165) is 19.3 Å². The number of esters is 3. The van der Waals surface area contributed by atoms with Crippen LogP contribution in [-0.2, 0) is 33.4 Å². The maximum Gasteiger partial charge on any atom is 0.305 e. The van der Waals surface area contributed by atoms with Gasteiger partial charge in [0, 0.05) is 43.7 Å². The van der Waals surface area contributed by atoms with Crippen LogP contribution in [0.4, 0.5) is 0 Å². The fourth-order valence-electron chi connectivity index (χ4n) is 10.6. The van der Waals surface area contributed by atoms with Crippen molar-refractivity contribution in [2.45, 2.75) is 104 Å². The van der Waals surface area contributed by atoms with Gasteiger partial charge < -0.3 is 14.2 Å². The molecule has 0 spiro atoms. The molecule has 4 aliphatic rings. The molecule has 4 aliphatic carbocycles. The minimum atomic E-state index is -0.727. The molecule has 4 fully saturated rings. The summed E-state index contributed by atoms with van der Waals surface area (Å²) in [5.41, 5.74) is 0.231. The van der Waals surface area contributed by atoms with E-state index in [4.69, 9.17) is 14.2 Å². The molecule has 4 unspecified atom stereocenters. The highest BCUT2D eigenvalue weighted by Gasteiger charge is 2.70. The third-order valence-corrected chi connectivity index (χ3v) is 12.6. The summed E-state index contributed by atoms with van der Waals surface area (Å²) in [5, 5.41) is 9.12. The monoisotopic (exact) mass is 648 g/mol. The van der Waals surface area contributed by atoms with Gasteiger partial charge in [0.05, 0.1) is 19.0 Å². The van der Waals surface area contributed by atoms with Crippen LogP contribution in [0, 0.1) is 46.3 Å². The molecular formula is C36H48N4O7. The van der Waals surface area contributed by atoms with Gasteiger partial charge in [-0.1, -0.05) is 32.1 Å². The van der Waals surface area contributed by atoms with Crippen LogP contribution in [0.1, 0.15) is 92.0 Å². The van der Waals surface area contributed by atoms with Crippen LogP contribution in [0.25, 0.3) is 11.4 Å². The van der Waals surface area contributed by atoms with Crippen molar-refractivity contribution < 1.29 is 33.4 Å². The Bertz CT molecular complexity index is 1510. The van der Waals surface area contributed by atoms with Crippen molar-refractivity contribution >= 4 is 23.7 Å². The largest absolute Gasteiger partial charge is 0.469 e. The first kappa shape index (κ1) is 33.3. The van der Waals surface area contributed by atoms with E-state index in [1.807, 2.05) is 24.4 Å². The quantitative estimate of drug-likeness (QED) is 0.270. The van der Waals surface area contributed by atoms with E-state index in [1.54, 1.807) is 10.9 Å². The molecule has 0 amide bonds. The molecule has 0 saturated heterocycles. The zero-order chi connectivity index (χ0) is 33.7. The number of nitrogens with zero attached hydrogens (tertiary/aromatic N) is 4. The number of aromatic nitrogens is 4. The molecule has 254 valence electrons. The van der Waals surface area contributed by atoms with E-state index < -0.39 is 17.6 Å². The Kier molecular flexibility index (Phi) is 9.04. The standard InChI is InChI=1S/C36H48N4O7/c1-20(10-13-30(43)45-6)25-11-12-26-31-29(47-22(3)42)18-23-17-24(46-21(2)41)14-15-35(23,4)32(31)33(34(44)36(25,26)5)40-19-28(38-39-40)27-9-7-8-16-37-27/h7-9,16,19-20,23-26,29,31-33H,10-15,17-18H2,1-6H3/t20-,23+,24-,25?,26?,29-,31?,32?,33+,35+,36-/m1/s1. The first-order valence-corrected chi connectivity index (χ1v) is 17.2. The summed E-state index contributed by atoms with van der Waals surface area (Å²) in [6.45, 7) is 9.44. The summed E-state index contributed by atoms with van der Waals surface area (Å²) in [6.07, 6.45) is 8.36. The maximum absolute atomic E-state index is 15.4. The molecule has 0 bridgehead atoms. The van der Waals surface area contributed by atoms with Crippen LogP contribution in [0.2, 0.25) is 0 Å². The lowest BCUT2D eigenvalue weighted by atomic mass is 9.42. The molecule has 47 heavy (non-hydrogen) atoms. The smallest absolute Gasteiger partial charge is 0.305 e. The minimum absolute atomic E-state index is 0.00562. The zero-order valence-electron chi connectivity index (χ0n) is 28.4. The Hall–Kier alpha value is -3.63. The van der Waals surface area contributed by atoms with Crippen molar-refractivity contribution in [2.24, 2.45) is 46.3 Å². The third kappa shape index (κ3) is 5.77. The molecule has 11 atom stereocenters. The van der Waals surface area contributed by atoms with E-state index in [2.05, 4.69) is 36.1 Å². The second-order valence-electron chi connectivity index (χ2n) is 15.0. The van der Waals surface area contributed by atoms with Crippen molar-refractivity contribution in [3.05, 3.63) is 30.6 Å². The lowest BCUT2D eigenvalue weighted by Crippen LogP contribution is -2.65. The number of carbonyl (C=O) groups excluding carboxylic acids is 4. The first-order chi connectivity index (χ1) is 22.4. The zero-order valence-corrected chi connectivity index (χ0v) is 28.4. The number of hydrogen-bond donors (Lipinski definition) is 0. The number of fused-ring (bicyclic) bond motifs is 5. The van der Waals surface area contributed by atoms with Gasteiger partial charge in [0.2, 0.25) is 0 Å². The maximum atomic E-state index is 15.4. The molecule has 11 nitrogen and oxygen atoms in total. The van der Waals surface area contributed by atoms with Gasteiger partial charge in [0.15, 0.2) is 5.78 Å². The Morgan fingerprint density at radius 2 is 1.81 bits per heavy atom. The second kappa shape index (κ2) is 12.8. The topological polar surface area (TPSA) is 140 Å². The molecule has 0 aliphatic heterocycles. The summed E-state index contributed by atoms with van der Waals surface area (Å²) >= 11 is 0. The number of rotatable bonds is 8. The lowest BCUT2D eigenvalue weighted by Gasteiger charge is -2.64. The van der Waals surface area contributed by atoms with Gasteiger partial charge in [-0.3, -0.25) is 24.2 Å². The molecule has 2 aromatic rings. The van der Waals surface area contributed by atoms with Gasteiger partial charge in [0.1, 0.15) is 23.9 Å². The molecular weight excluding hydrogens is 600 g/mol. The minimum Gasteiger partial charge on any atom is -0.469 e. The highest BCUT2D eigenvalue weighted by molar-refractivity contribution is 5.91. The lowest BCUT2D eigenvalue weighted by molar-refractivity contribution is -0.207. The summed E-state index contributed by atoms with van der Waals surface area (Å²) in [4.78, 5) is 56.7. The Labute approximate surface area is 276 Å². The average Bonchev–Trinajstić information content (AvgIpc) is 3.66. The normalized spacial score (nSPS) is 36.8. The molecule has 2 aromatic heterocycles. The van der Waals surface area contributed by atoms with E-state index in [0.29, 0.717) is 43.5 Å². The van der Waals surface area contributed by atoms with Crippen molar-refractivity contribution in [3.8, 4) is 11.4 Å². The Balaban J connectivity index is 1.47. The van der Waals surface area contributed by atoms with Gasteiger partial charge in [-0.15, -0.1) is 5.10 Å². The van der Waals surface area contributed by atoms with Crippen LogP contribution < -0.4 is 0 Å². The summed E-state index contributed by atoms with van der Waals surface area (Å²) in [5.74, 6) is -0.810. The Morgan fingerprint density at radius 3 is 2.49 bits per heavy atom. The van der Waals surface area contributed by atoms with Gasteiger partial charge in [-0.2, -0.15) is 0 Å². The Morgan fingerprint density at radius 1 is 1.04 bits per heavy atom. The molecule has 6 rings (SSSR count). The van der Waals surface area contributed by atoms with Crippen molar-refractivity contribution in [1.82, 2.24) is 20.0 Å². The van der Waals surface area contributed by atoms with E-state index >= 15 is 4.79 Å². The number of carbonyl (C=O) groups is 4. The molecule has 4 saturated carbocycles. The molecule has 0 N–H and O–H groups in total. The van der Waals surface area contributed by atoms with E-state index in [-0.39, 0.29) is 70.7 Å². The number of hydrogen-bond acceptors (Lipinski definition) is 10. The van der Waals surface area contributed by atoms with Crippen molar-refractivity contribution in [2.75, 3.05) is 7.11 Å². The molecule has 0 radical (unpaired) electrons. The van der Waals surface area contributed by atoms with Crippen molar-refractivity contribution in [3.63, 3.8) is 0 Å². The van der Waals surface area contributed by atoms with Crippen LogP contribution in [0.15, 0.2) is 30.6 Å². The number of methoxy groups -OCH3 is 1. The van der Waals surface area contributed by atoms with Gasteiger partial charge in [-0.05, 0) is 86.2 Å². The van der Waals surface area contributed by atoms with E-state index in [9.17, 15) is 14.4 Å². The summed E-state index contributed by atoms with van der Waals surface area (Å²) in [6, 6.07) is 4.97. The number of ether oxygens (including phenoxy) is 3. The first-order valence-electron chi connectivity index (χ1n) is 17.2. The van der Waals surface area contributed by atoms with Crippen molar-refractivity contribution in [1.29, 1.82) is 0 Å². The fraction of sp³-hybridized carbons (Fsp3) is 0.694. The average molecular weight is 649 g/mol. The highest BCUT2D eigenvalue weighted by Crippen LogP contribution is 2.70. The predicted molar refractivity (Wildman–Crippen MR) is 170 cm³/mol. The highest BCUT2D eigenvalue weighted by atomic mass is 16.5. The summed E-state index contributed by atoms with van der Waals surface area (Å²) in [7, 11) is 1.40. The SMILES string of the molecule is COC(=O)CC[C@@H](C)C1CCC2C3C([C@H](n4cc(-c5ccccn5)nn4)C(=O)[C@@]21C)[C@@]1(C)CC[C@@H](OC(C)=O)C[C@H]1C[C@H]3OC(C)=O. The van der Waals surface area contributed by atoms with Crippen LogP contribution in [0.5, 0.6) is 0 Å². The molecule has 11 heteroatoms. The number of Topliss-reactive ketones (excluding diaryl/α,β-unsaturated/α-hetero) is 1. The van der Waals surface area contributed by atoms with Crippen LogP contribution >= 0.6 is 0 Å². The van der Waals surface area contributed by atoms with Gasteiger partial charge in [0.25, 0.3) is 0 Å².